The Balaban J connectivity index is 2.13. The van der Waals surface area contributed by atoms with Crippen molar-refractivity contribution < 1.29 is 4.79 Å². The minimum absolute atomic E-state index is 0.148. The number of carbonyl (C=O) groups excluding carboxylic acids is 1. The van der Waals surface area contributed by atoms with Crippen LogP contribution in [0.15, 0.2) is 22.8 Å². The summed E-state index contributed by atoms with van der Waals surface area (Å²) < 4.78 is 0.711. The van der Waals surface area contributed by atoms with Gasteiger partial charge in [0, 0.05) is 16.5 Å². The van der Waals surface area contributed by atoms with Crippen LogP contribution in [0.5, 0.6) is 0 Å². The summed E-state index contributed by atoms with van der Waals surface area (Å²) in [5.41, 5.74) is 0.168. The molecule has 1 aromatic rings. The first-order valence-corrected chi connectivity index (χ1v) is 7.49. The fraction of sp³-hybridized carbons (Fsp3) is 0.538. The topological polar surface area (TPSA) is 42.0 Å². The molecule has 3 nitrogen and oxygen atoms in total. The molecule has 1 aromatic heterocycles. The fourth-order valence-corrected chi connectivity index (χ4v) is 3.14. The lowest BCUT2D eigenvalue weighted by molar-refractivity contribution is 0.0878. The second-order valence-corrected chi connectivity index (χ2v) is 5.88. The van der Waals surface area contributed by atoms with Gasteiger partial charge in [0.15, 0.2) is 0 Å². The fourth-order valence-electron chi connectivity index (χ4n) is 2.37. The highest BCUT2D eigenvalue weighted by atomic mass is 79.9. The zero-order chi connectivity index (χ0) is 13.0. The molecule has 0 bridgehead atoms. The van der Waals surface area contributed by atoms with E-state index in [1.165, 1.54) is 6.42 Å². The van der Waals surface area contributed by atoms with Crippen molar-refractivity contribution in [2.24, 2.45) is 0 Å². The molecule has 0 atom stereocenters. The molecule has 0 unspecified atom stereocenters. The zero-order valence-corrected chi connectivity index (χ0v) is 12.4. The van der Waals surface area contributed by atoms with Crippen molar-refractivity contribution in [1.82, 2.24) is 10.3 Å². The van der Waals surface area contributed by atoms with Gasteiger partial charge in [-0.25, -0.2) is 4.98 Å². The van der Waals surface area contributed by atoms with E-state index in [4.69, 9.17) is 11.6 Å². The highest BCUT2D eigenvalue weighted by Crippen LogP contribution is 2.29. The number of pyridine rings is 1. The van der Waals surface area contributed by atoms with Crippen molar-refractivity contribution in [3.8, 4) is 0 Å². The Morgan fingerprint density at radius 2 is 2.17 bits per heavy atom. The minimum Gasteiger partial charge on any atom is -0.344 e. The van der Waals surface area contributed by atoms with Gasteiger partial charge in [0.1, 0.15) is 5.69 Å². The van der Waals surface area contributed by atoms with Gasteiger partial charge in [-0.05, 0) is 40.9 Å². The van der Waals surface area contributed by atoms with Gasteiger partial charge in [0.2, 0.25) is 0 Å². The summed E-state index contributed by atoms with van der Waals surface area (Å²) in [4.78, 5) is 16.3. The molecular weight excluding hydrogens is 316 g/mol. The zero-order valence-electron chi connectivity index (χ0n) is 10.1. The molecule has 18 heavy (non-hydrogen) atoms. The Morgan fingerprint density at radius 3 is 2.78 bits per heavy atom. The first-order chi connectivity index (χ1) is 8.67. The van der Waals surface area contributed by atoms with Crippen LogP contribution in [0.25, 0.3) is 0 Å². The monoisotopic (exact) mass is 330 g/mol. The van der Waals surface area contributed by atoms with Crippen LogP contribution in [0.1, 0.15) is 42.6 Å². The van der Waals surface area contributed by atoms with E-state index in [2.05, 4.69) is 26.2 Å². The first-order valence-electron chi connectivity index (χ1n) is 6.16. The van der Waals surface area contributed by atoms with Crippen molar-refractivity contribution >= 4 is 33.4 Å². The summed E-state index contributed by atoms with van der Waals surface area (Å²) in [5.74, 6) is 0.313. The van der Waals surface area contributed by atoms with E-state index in [1.54, 1.807) is 12.3 Å². The summed E-state index contributed by atoms with van der Waals surface area (Å²) in [5, 5.41) is 3.08. The van der Waals surface area contributed by atoms with Crippen molar-refractivity contribution in [2.75, 3.05) is 5.88 Å². The number of hydrogen-bond donors (Lipinski definition) is 1. The number of halogens is 2. The van der Waals surface area contributed by atoms with Crippen LogP contribution in [-0.4, -0.2) is 22.3 Å². The van der Waals surface area contributed by atoms with Crippen LogP contribution in [0.3, 0.4) is 0 Å². The summed E-state index contributed by atoms with van der Waals surface area (Å²) in [6.07, 6.45) is 6.99. The summed E-state index contributed by atoms with van der Waals surface area (Å²) in [6.45, 7) is 0. The SMILES string of the molecule is O=C(NC1(CCl)CCCCC1)c1ncccc1Br. The van der Waals surface area contributed by atoms with E-state index < -0.39 is 0 Å². The first kappa shape index (κ1) is 13.8. The second-order valence-electron chi connectivity index (χ2n) is 4.76. The molecule has 0 spiro atoms. The number of carbonyl (C=O) groups is 1. The number of hydrogen-bond acceptors (Lipinski definition) is 2. The maximum Gasteiger partial charge on any atom is 0.271 e. The van der Waals surface area contributed by atoms with E-state index in [0.717, 1.165) is 25.7 Å². The summed E-state index contributed by atoms with van der Waals surface area (Å²) >= 11 is 9.41. The number of aromatic nitrogens is 1. The van der Waals surface area contributed by atoms with Gasteiger partial charge < -0.3 is 5.32 Å². The normalized spacial score (nSPS) is 18.3. The third-order valence-corrected chi connectivity index (χ3v) is 4.57. The minimum atomic E-state index is -0.256. The maximum absolute atomic E-state index is 12.2. The molecule has 1 aliphatic carbocycles. The van der Waals surface area contributed by atoms with Crippen LogP contribution in [-0.2, 0) is 0 Å². The van der Waals surface area contributed by atoms with Crippen molar-refractivity contribution in [3.63, 3.8) is 0 Å². The Morgan fingerprint density at radius 1 is 1.44 bits per heavy atom. The van der Waals surface area contributed by atoms with Crippen LogP contribution in [0.4, 0.5) is 0 Å². The molecule has 98 valence electrons. The van der Waals surface area contributed by atoms with E-state index >= 15 is 0 Å². The van der Waals surface area contributed by atoms with Gasteiger partial charge in [0.05, 0.1) is 5.54 Å². The third kappa shape index (κ3) is 3.04. The van der Waals surface area contributed by atoms with Crippen LogP contribution in [0, 0.1) is 0 Å². The Hall–Kier alpha value is -0.610. The van der Waals surface area contributed by atoms with E-state index in [-0.39, 0.29) is 11.4 Å². The van der Waals surface area contributed by atoms with Crippen LogP contribution < -0.4 is 5.32 Å². The quantitative estimate of drug-likeness (QED) is 0.861. The molecule has 0 saturated heterocycles. The standard InChI is InChI=1S/C13H16BrClN2O/c14-10-5-4-8-16-11(10)12(18)17-13(9-15)6-2-1-3-7-13/h4-5,8H,1-3,6-7,9H2,(H,17,18). The molecule has 1 amide bonds. The Labute approximate surface area is 120 Å². The highest BCUT2D eigenvalue weighted by molar-refractivity contribution is 9.10. The average Bonchev–Trinajstić information content (AvgIpc) is 2.40. The van der Waals surface area contributed by atoms with Crippen LogP contribution >= 0.6 is 27.5 Å². The number of rotatable bonds is 3. The molecule has 1 aliphatic rings. The highest BCUT2D eigenvalue weighted by Gasteiger charge is 2.33. The van der Waals surface area contributed by atoms with Crippen molar-refractivity contribution in [1.29, 1.82) is 0 Å². The lowest BCUT2D eigenvalue weighted by atomic mass is 9.83. The number of nitrogens with zero attached hydrogens (tertiary/aromatic N) is 1. The summed E-state index contributed by atoms with van der Waals surface area (Å²) in [7, 11) is 0. The molecule has 5 heteroatoms. The van der Waals surface area contributed by atoms with Gasteiger partial charge in [-0.2, -0.15) is 0 Å². The molecular formula is C13H16BrClN2O. The average molecular weight is 332 g/mol. The van der Waals surface area contributed by atoms with E-state index in [1.807, 2.05) is 6.07 Å². The molecule has 1 saturated carbocycles. The lowest BCUT2D eigenvalue weighted by Crippen LogP contribution is -2.51. The molecule has 1 N–H and O–H groups in total. The number of alkyl halides is 1. The predicted molar refractivity (Wildman–Crippen MR) is 75.9 cm³/mol. The van der Waals surface area contributed by atoms with Gasteiger partial charge in [-0.3, -0.25) is 4.79 Å². The number of amides is 1. The molecule has 0 aliphatic heterocycles. The van der Waals surface area contributed by atoms with Gasteiger partial charge in [-0.1, -0.05) is 19.3 Å². The molecule has 2 rings (SSSR count). The van der Waals surface area contributed by atoms with E-state index in [9.17, 15) is 4.79 Å². The molecule has 1 fully saturated rings. The van der Waals surface area contributed by atoms with Crippen LogP contribution in [0.2, 0.25) is 0 Å². The lowest BCUT2D eigenvalue weighted by Gasteiger charge is -2.36. The van der Waals surface area contributed by atoms with Gasteiger partial charge >= 0.3 is 0 Å². The molecule has 1 heterocycles. The predicted octanol–water partition coefficient (Wildman–Crippen LogP) is 3.52. The van der Waals surface area contributed by atoms with Gasteiger partial charge in [0.25, 0.3) is 5.91 Å². The Bertz CT molecular complexity index is 433. The smallest absolute Gasteiger partial charge is 0.271 e. The van der Waals surface area contributed by atoms with Gasteiger partial charge in [-0.15, -0.1) is 11.6 Å². The Kier molecular flexibility index (Phi) is 4.62. The number of nitrogens with one attached hydrogen (secondary N) is 1. The second kappa shape index (κ2) is 6.02. The largest absolute Gasteiger partial charge is 0.344 e. The van der Waals surface area contributed by atoms with E-state index in [0.29, 0.717) is 16.0 Å². The van der Waals surface area contributed by atoms with Crippen molar-refractivity contribution in [2.45, 2.75) is 37.6 Å². The third-order valence-electron chi connectivity index (χ3n) is 3.42. The molecule has 0 aromatic carbocycles. The summed E-state index contributed by atoms with van der Waals surface area (Å²) in [6, 6.07) is 3.61. The van der Waals surface area contributed by atoms with Crippen molar-refractivity contribution in [3.05, 3.63) is 28.5 Å². The molecule has 0 radical (unpaired) electrons. The maximum atomic E-state index is 12.2.